The van der Waals surface area contributed by atoms with Gasteiger partial charge in [0.25, 0.3) is 0 Å². The molecule has 0 aromatic heterocycles. The van der Waals surface area contributed by atoms with Gasteiger partial charge in [0, 0.05) is 5.41 Å². The molecular formula is C12H13NO. The zero-order valence-corrected chi connectivity index (χ0v) is 8.03. The zero-order valence-electron chi connectivity index (χ0n) is 8.03. The van der Waals surface area contributed by atoms with E-state index in [4.69, 9.17) is 5.26 Å². The van der Waals surface area contributed by atoms with Gasteiger partial charge in [-0.05, 0) is 30.5 Å². The van der Waals surface area contributed by atoms with E-state index in [0.29, 0.717) is 5.56 Å². The summed E-state index contributed by atoms with van der Waals surface area (Å²) in [5.74, 6) is 0. The first kappa shape index (κ1) is 9.23. The molecule has 0 spiro atoms. The maximum atomic E-state index is 9.37. The molecule has 1 aromatic carbocycles. The topological polar surface area (TPSA) is 44.0 Å². The Kier molecular flexibility index (Phi) is 2.26. The second kappa shape index (κ2) is 3.43. The van der Waals surface area contributed by atoms with Gasteiger partial charge in [0.2, 0.25) is 0 Å². The van der Waals surface area contributed by atoms with E-state index in [2.05, 4.69) is 6.07 Å². The molecule has 2 rings (SSSR count). The molecule has 0 radical (unpaired) electrons. The number of nitriles is 1. The summed E-state index contributed by atoms with van der Waals surface area (Å²) in [6.45, 7) is 0.196. The number of nitrogens with zero attached hydrogens (tertiary/aromatic N) is 1. The number of hydrogen-bond donors (Lipinski definition) is 1. The Morgan fingerprint density at radius 3 is 2.71 bits per heavy atom. The van der Waals surface area contributed by atoms with Gasteiger partial charge in [0.05, 0.1) is 18.2 Å². The lowest BCUT2D eigenvalue weighted by Crippen LogP contribution is -2.37. The maximum absolute atomic E-state index is 9.37. The first-order chi connectivity index (χ1) is 6.80. The van der Waals surface area contributed by atoms with Crippen LogP contribution in [0.5, 0.6) is 0 Å². The van der Waals surface area contributed by atoms with Gasteiger partial charge >= 0.3 is 0 Å². The SMILES string of the molecule is N#Cc1cccc(C2(CO)CCC2)c1. The summed E-state index contributed by atoms with van der Waals surface area (Å²) in [5.41, 5.74) is 1.75. The predicted octanol–water partition coefficient (Wildman–Crippen LogP) is 1.97. The average molecular weight is 187 g/mol. The van der Waals surface area contributed by atoms with E-state index >= 15 is 0 Å². The highest BCUT2D eigenvalue weighted by Gasteiger charge is 2.37. The van der Waals surface area contributed by atoms with Crippen molar-refractivity contribution in [2.24, 2.45) is 0 Å². The normalized spacial score (nSPS) is 18.3. The van der Waals surface area contributed by atoms with Crippen LogP contribution in [-0.4, -0.2) is 11.7 Å². The van der Waals surface area contributed by atoms with E-state index in [1.165, 1.54) is 6.42 Å². The molecule has 1 N–H and O–H groups in total. The molecule has 0 saturated heterocycles. The highest BCUT2D eigenvalue weighted by Crippen LogP contribution is 2.43. The van der Waals surface area contributed by atoms with E-state index in [-0.39, 0.29) is 12.0 Å². The van der Waals surface area contributed by atoms with Crippen molar-refractivity contribution in [2.75, 3.05) is 6.61 Å². The summed E-state index contributed by atoms with van der Waals surface area (Å²) in [6.07, 6.45) is 3.26. The number of rotatable bonds is 2. The van der Waals surface area contributed by atoms with E-state index in [1.54, 1.807) is 6.07 Å². The number of hydrogen-bond acceptors (Lipinski definition) is 2. The lowest BCUT2D eigenvalue weighted by molar-refractivity contribution is 0.120. The Morgan fingerprint density at radius 2 is 2.21 bits per heavy atom. The fraction of sp³-hybridized carbons (Fsp3) is 0.417. The van der Waals surface area contributed by atoms with E-state index in [0.717, 1.165) is 18.4 Å². The lowest BCUT2D eigenvalue weighted by atomic mass is 9.65. The van der Waals surface area contributed by atoms with Gasteiger partial charge in [-0.3, -0.25) is 0 Å². The molecule has 0 bridgehead atoms. The molecule has 1 aliphatic carbocycles. The number of aliphatic hydroxyl groups excluding tert-OH is 1. The Labute approximate surface area is 83.8 Å². The molecule has 0 heterocycles. The van der Waals surface area contributed by atoms with E-state index in [1.807, 2.05) is 18.2 Å². The summed E-state index contributed by atoms with van der Waals surface area (Å²) in [5, 5.41) is 18.1. The molecule has 2 nitrogen and oxygen atoms in total. The molecule has 0 unspecified atom stereocenters. The standard InChI is InChI=1S/C12H13NO/c13-8-10-3-1-4-11(7-10)12(9-14)5-2-6-12/h1,3-4,7,14H,2,5-6,9H2. The Bertz CT molecular complexity index is 369. The fourth-order valence-corrected chi connectivity index (χ4v) is 2.06. The van der Waals surface area contributed by atoms with Gasteiger partial charge in [-0.2, -0.15) is 5.26 Å². The van der Waals surface area contributed by atoms with Crippen molar-refractivity contribution in [2.45, 2.75) is 24.7 Å². The van der Waals surface area contributed by atoms with Crippen LogP contribution >= 0.6 is 0 Å². The Hall–Kier alpha value is -1.33. The average Bonchev–Trinajstić information content (AvgIpc) is 2.18. The minimum absolute atomic E-state index is 0.0487. The molecule has 1 saturated carbocycles. The van der Waals surface area contributed by atoms with Crippen LogP contribution in [0.4, 0.5) is 0 Å². The van der Waals surface area contributed by atoms with Crippen LogP contribution in [0.15, 0.2) is 24.3 Å². The smallest absolute Gasteiger partial charge is 0.0991 e. The minimum Gasteiger partial charge on any atom is -0.395 e. The quantitative estimate of drug-likeness (QED) is 0.769. The van der Waals surface area contributed by atoms with E-state index in [9.17, 15) is 5.11 Å². The Morgan fingerprint density at radius 1 is 1.43 bits per heavy atom. The van der Waals surface area contributed by atoms with Crippen LogP contribution in [0.3, 0.4) is 0 Å². The zero-order chi connectivity index (χ0) is 10.0. The van der Waals surface area contributed by atoms with Crippen LogP contribution in [0.25, 0.3) is 0 Å². The van der Waals surface area contributed by atoms with Crippen LogP contribution in [0.1, 0.15) is 30.4 Å². The van der Waals surface area contributed by atoms with Crippen LogP contribution in [0, 0.1) is 11.3 Å². The molecule has 1 fully saturated rings. The molecule has 0 aliphatic heterocycles. The van der Waals surface area contributed by atoms with Crippen LogP contribution in [0.2, 0.25) is 0 Å². The summed E-state index contributed by atoms with van der Waals surface area (Å²) >= 11 is 0. The number of benzene rings is 1. The molecular weight excluding hydrogens is 174 g/mol. The van der Waals surface area contributed by atoms with Gasteiger partial charge < -0.3 is 5.11 Å². The second-order valence-corrected chi connectivity index (χ2v) is 3.98. The molecule has 72 valence electrons. The van der Waals surface area contributed by atoms with Gasteiger partial charge in [-0.25, -0.2) is 0 Å². The van der Waals surface area contributed by atoms with Crippen molar-refractivity contribution in [3.05, 3.63) is 35.4 Å². The summed E-state index contributed by atoms with van der Waals surface area (Å²) < 4.78 is 0. The maximum Gasteiger partial charge on any atom is 0.0991 e. The van der Waals surface area contributed by atoms with Crippen LogP contribution in [-0.2, 0) is 5.41 Å². The summed E-state index contributed by atoms with van der Waals surface area (Å²) in [4.78, 5) is 0. The first-order valence-corrected chi connectivity index (χ1v) is 4.92. The lowest BCUT2D eigenvalue weighted by Gasteiger charge is -2.40. The highest BCUT2D eigenvalue weighted by molar-refractivity contribution is 5.37. The van der Waals surface area contributed by atoms with Crippen LogP contribution < -0.4 is 0 Å². The molecule has 1 aliphatic rings. The Balaban J connectivity index is 2.36. The van der Waals surface area contributed by atoms with Crippen molar-refractivity contribution < 1.29 is 5.11 Å². The van der Waals surface area contributed by atoms with E-state index < -0.39 is 0 Å². The molecule has 2 heteroatoms. The van der Waals surface area contributed by atoms with Gasteiger partial charge in [0.15, 0.2) is 0 Å². The third-order valence-electron chi connectivity index (χ3n) is 3.22. The third-order valence-corrected chi connectivity index (χ3v) is 3.22. The highest BCUT2D eigenvalue weighted by atomic mass is 16.3. The monoisotopic (exact) mass is 187 g/mol. The van der Waals surface area contributed by atoms with Crippen molar-refractivity contribution in [3.8, 4) is 6.07 Å². The fourth-order valence-electron chi connectivity index (χ4n) is 2.06. The second-order valence-electron chi connectivity index (χ2n) is 3.98. The van der Waals surface area contributed by atoms with Crippen molar-refractivity contribution >= 4 is 0 Å². The third kappa shape index (κ3) is 1.30. The summed E-state index contributed by atoms with van der Waals surface area (Å²) in [7, 11) is 0. The molecule has 14 heavy (non-hydrogen) atoms. The largest absolute Gasteiger partial charge is 0.395 e. The summed E-state index contributed by atoms with van der Waals surface area (Å²) in [6, 6.07) is 9.73. The van der Waals surface area contributed by atoms with Gasteiger partial charge in [0.1, 0.15) is 0 Å². The molecule has 0 atom stereocenters. The van der Waals surface area contributed by atoms with Crippen molar-refractivity contribution in [1.29, 1.82) is 5.26 Å². The van der Waals surface area contributed by atoms with Gasteiger partial charge in [-0.15, -0.1) is 0 Å². The van der Waals surface area contributed by atoms with Crippen molar-refractivity contribution in [1.82, 2.24) is 0 Å². The molecule has 0 amide bonds. The predicted molar refractivity (Wildman–Crippen MR) is 53.8 cm³/mol. The first-order valence-electron chi connectivity index (χ1n) is 4.92. The minimum atomic E-state index is -0.0487. The van der Waals surface area contributed by atoms with Gasteiger partial charge in [-0.1, -0.05) is 18.6 Å². The number of aliphatic hydroxyl groups is 1. The van der Waals surface area contributed by atoms with Crippen molar-refractivity contribution in [3.63, 3.8) is 0 Å². The molecule has 1 aromatic rings.